The first-order valence-electron chi connectivity index (χ1n) is 9.93. The Bertz CT molecular complexity index is 970. The predicted molar refractivity (Wildman–Crippen MR) is 109 cm³/mol. The summed E-state index contributed by atoms with van der Waals surface area (Å²) in [6.07, 6.45) is 0.792. The highest BCUT2D eigenvalue weighted by Crippen LogP contribution is 2.49. The SMILES string of the molecule is O=C([C@H]1C[C@@H]1c1ccccc1)N1Cc2ccccc2OC(c2ccccc2)C1. The van der Waals surface area contributed by atoms with Crippen LogP contribution in [0.2, 0.25) is 0 Å². The third-order valence-electron chi connectivity index (χ3n) is 5.81. The van der Waals surface area contributed by atoms with Crippen molar-refractivity contribution in [2.75, 3.05) is 6.54 Å². The van der Waals surface area contributed by atoms with E-state index >= 15 is 0 Å². The monoisotopic (exact) mass is 369 g/mol. The zero-order valence-corrected chi connectivity index (χ0v) is 15.7. The number of ether oxygens (including phenoxy) is 1. The van der Waals surface area contributed by atoms with Crippen LogP contribution in [0.15, 0.2) is 84.9 Å². The number of benzene rings is 3. The largest absolute Gasteiger partial charge is 0.484 e. The summed E-state index contributed by atoms with van der Waals surface area (Å²) in [6, 6.07) is 28.7. The maximum Gasteiger partial charge on any atom is 0.226 e. The molecule has 1 fully saturated rings. The lowest BCUT2D eigenvalue weighted by Gasteiger charge is -2.24. The van der Waals surface area contributed by atoms with Gasteiger partial charge in [-0.05, 0) is 29.5 Å². The number of hydrogen-bond acceptors (Lipinski definition) is 2. The van der Waals surface area contributed by atoms with Crippen LogP contribution < -0.4 is 4.74 Å². The van der Waals surface area contributed by atoms with Gasteiger partial charge in [-0.1, -0.05) is 78.9 Å². The van der Waals surface area contributed by atoms with Crippen LogP contribution in [-0.2, 0) is 11.3 Å². The first-order valence-corrected chi connectivity index (χ1v) is 9.93. The van der Waals surface area contributed by atoms with Gasteiger partial charge in [0.25, 0.3) is 0 Å². The molecule has 0 spiro atoms. The average molecular weight is 369 g/mol. The Morgan fingerprint density at radius 2 is 1.46 bits per heavy atom. The number of nitrogens with zero attached hydrogens (tertiary/aromatic N) is 1. The summed E-state index contributed by atoms with van der Waals surface area (Å²) in [6.45, 7) is 1.19. The molecule has 140 valence electrons. The fourth-order valence-electron chi connectivity index (χ4n) is 4.19. The van der Waals surface area contributed by atoms with Gasteiger partial charge in [0.2, 0.25) is 5.91 Å². The number of hydrogen-bond donors (Lipinski definition) is 0. The molecule has 0 aromatic heterocycles. The van der Waals surface area contributed by atoms with Gasteiger partial charge in [0.1, 0.15) is 11.9 Å². The van der Waals surface area contributed by atoms with E-state index in [2.05, 4.69) is 42.5 Å². The van der Waals surface area contributed by atoms with E-state index in [9.17, 15) is 4.79 Å². The number of rotatable bonds is 3. The average Bonchev–Trinajstić information content (AvgIpc) is 3.57. The molecule has 1 unspecified atom stereocenters. The standard InChI is InChI=1S/C25H23NO2/c27-25(22-15-21(22)18-9-3-1-4-10-18)26-16-20-13-7-8-14-23(20)28-24(17-26)19-11-5-2-6-12-19/h1-14,21-22,24H,15-17H2/t21-,22+,24?/m1/s1. The Hall–Kier alpha value is -3.07. The lowest BCUT2D eigenvalue weighted by Crippen LogP contribution is -2.35. The summed E-state index contributed by atoms with van der Waals surface area (Å²) < 4.78 is 6.34. The molecule has 1 amide bonds. The van der Waals surface area contributed by atoms with Crippen molar-refractivity contribution < 1.29 is 9.53 Å². The van der Waals surface area contributed by atoms with Crippen molar-refractivity contribution in [1.82, 2.24) is 4.90 Å². The molecule has 5 rings (SSSR count). The molecule has 0 N–H and O–H groups in total. The van der Waals surface area contributed by atoms with E-state index in [-0.39, 0.29) is 17.9 Å². The van der Waals surface area contributed by atoms with Gasteiger partial charge < -0.3 is 9.64 Å². The van der Waals surface area contributed by atoms with Crippen molar-refractivity contribution >= 4 is 5.91 Å². The Kier molecular flexibility index (Phi) is 4.36. The Labute approximate surface area is 165 Å². The van der Waals surface area contributed by atoms with E-state index in [0.717, 1.165) is 23.3 Å². The molecule has 28 heavy (non-hydrogen) atoms. The first kappa shape index (κ1) is 17.1. The molecule has 3 nitrogen and oxygen atoms in total. The van der Waals surface area contributed by atoms with Crippen LogP contribution >= 0.6 is 0 Å². The van der Waals surface area contributed by atoms with Gasteiger partial charge in [-0.2, -0.15) is 0 Å². The van der Waals surface area contributed by atoms with Crippen molar-refractivity contribution in [2.24, 2.45) is 5.92 Å². The number of fused-ring (bicyclic) bond motifs is 1. The normalized spacial score (nSPS) is 23.3. The van der Waals surface area contributed by atoms with Gasteiger partial charge in [-0.3, -0.25) is 4.79 Å². The van der Waals surface area contributed by atoms with E-state index in [1.165, 1.54) is 5.56 Å². The molecule has 0 saturated heterocycles. The molecule has 3 atom stereocenters. The van der Waals surface area contributed by atoms with Crippen molar-refractivity contribution in [3.8, 4) is 5.75 Å². The molecule has 1 heterocycles. The molecule has 3 heteroatoms. The second-order valence-corrected chi connectivity index (χ2v) is 7.70. The highest BCUT2D eigenvalue weighted by Gasteiger charge is 2.46. The third kappa shape index (κ3) is 3.29. The molecule has 1 aliphatic heterocycles. The lowest BCUT2D eigenvalue weighted by molar-refractivity contribution is -0.134. The van der Waals surface area contributed by atoms with E-state index in [1.807, 2.05) is 47.4 Å². The van der Waals surface area contributed by atoms with Crippen molar-refractivity contribution in [2.45, 2.75) is 25.0 Å². The molecule has 3 aromatic rings. The minimum atomic E-state index is -0.150. The molecule has 1 saturated carbocycles. The number of carbonyl (C=O) groups is 1. The maximum atomic E-state index is 13.4. The maximum absolute atomic E-state index is 13.4. The van der Waals surface area contributed by atoms with E-state index < -0.39 is 0 Å². The van der Waals surface area contributed by atoms with Gasteiger partial charge in [-0.15, -0.1) is 0 Å². The van der Waals surface area contributed by atoms with Crippen molar-refractivity contribution in [3.05, 3.63) is 102 Å². The molecule has 0 bridgehead atoms. The third-order valence-corrected chi connectivity index (χ3v) is 5.81. The van der Waals surface area contributed by atoms with Gasteiger partial charge >= 0.3 is 0 Å². The second kappa shape index (κ2) is 7.16. The topological polar surface area (TPSA) is 29.5 Å². The fourth-order valence-corrected chi connectivity index (χ4v) is 4.19. The van der Waals surface area contributed by atoms with Crippen LogP contribution in [0, 0.1) is 5.92 Å². The molecular formula is C25H23NO2. The van der Waals surface area contributed by atoms with Gasteiger partial charge in [0.05, 0.1) is 6.54 Å². The minimum absolute atomic E-state index is 0.0871. The Balaban J connectivity index is 1.41. The zero-order valence-electron chi connectivity index (χ0n) is 15.7. The van der Waals surface area contributed by atoms with E-state index in [4.69, 9.17) is 4.74 Å². The summed E-state index contributed by atoms with van der Waals surface area (Å²) in [4.78, 5) is 15.4. The molecular weight excluding hydrogens is 346 g/mol. The molecule has 0 radical (unpaired) electrons. The molecule has 3 aromatic carbocycles. The van der Waals surface area contributed by atoms with Crippen molar-refractivity contribution in [3.63, 3.8) is 0 Å². The summed E-state index contributed by atoms with van der Waals surface area (Å²) in [5.74, 6) is 1.56. The zero-order chi connectivity index (χ0) is 18.9. The summed E-state index contributed by atoms with van der Waals surface area (Å²) >= 11 is 0. The Morgan fingerprint density at radius 1 is 0.821 bits per heavy atom. The van der Waals surface area contributed by atoms with Crippen LogP contribution in [0.25, 0.3) is 0 Å². The second-order valence-electron chi connectivity index (χ2n) is 7.70. The Morgan fingerprint density at radius 3 is 2.21 bits per heavy atom. The van der Waals surface area contributed by atoms with Crippen LogP contribution in [0.1, 0.15) is 35.1 Å². The van der Waals surface area contributed by atoms with Crippen molar-refractivity contribution in [1.29, 1.82) is 0 Å². The van der Waals surface area contributed by atoms with Crippen LogP contribution in [-0.4, -0.2) is 17.4 Å². The minimum Gasteiger partial charge on any atom is -0.484 e. The molecule has 1 aliphatic carbocycles. The quantitative estimate of drug-likeness (QED) is 0.654. The predicted octanol–water partition coefficient (Wildman–Crippen LogP) is 4.95. The fraction of sp³-hybridized carbons (Fsp3) is 0.240. The van der Waals surface area contributed by atoms with E-state index in [1.54, 1.807) is 0 Å². The van der Waals surface area contributed by atoms with Gasteiger partial charge in [0, 0.05) is 18.0 Å². The summed E-state index contributed by atoms with van der Waals surface area (Å²) in [5, 5.41) is 0. The van der Waals surface area contributed by atoms with Crippen LogP contribution in [0.4, 0.5) is 0 Å². The number of para-hydroxylation sites is 1. The first-order chi connectivity index (χ1) is 13.8. The highest BCUT2D eigenvalue weighted by atomic mass is 16.5. The van der Waals surface area contributed by atoms with Gasteiger partial charge in [0.15, 0.2) is 0 Å². The van der Waals surface area contributed by atoms with Crippen LogP contribution in [0.5, 0.6) is 5.75 Å². The summed E-state index contributed by atoms with van der Waals surface area (Å²) in [5.41, 5.74) is 3.45. The smallest absolute Gasteiger partial charge is 0.226 e. The molecule has 2 aliphatic rings. The van der Waals surface area contributed by atoms with Crippen LogP contribution in [0.3, 0.4) is 0 Å². The number of carbonyl (C=O) groups excluding carboxylic acids is 1. The summed E-state index contributed by atoms with van der Waals surface area (Å²) in [7, 11) is 0. The number of amides is 1. The lowest BCUT2D eigenvalue weighted by atomic mass is 10.1. The highest BCUT2D eigenvalue weighted by molar-refractivity contribution is 5.83. The van der Waals surface area contributed by atoms with Gasteiger partial charge in [-0.25, -0.2) is 0 Å². The van der Waals surface area contributed by atoms with E-state index in [0.29, 0.717) is 19.0 Å².